The molecule has 0 saturated carbocycles. The molecule has 56 valence electrons. The number of halogens is 1. The molecule has 2 rings (SSSR count). The van der Waals surface area contributed by atoms with Crippen LogP contribution in [-0.4, -0.2) is 0 Å². The van der Waals surface area contributed by atoms with Gasteiger partial charge in [-0.3, -0.25) is 5.73 Å². The lowest BCUT2D eigenvalue weighted by Crippen LogP contribution is -3.00. The molecule has 0 fully saturated rings. The maximum Gasteiger partial charge on any atom is 0.331 e. The average molecular weight is 221 g/mol. The molecule has 0 spiro atoms. The molecule has 0 radical (unpaired) electrons. The number of nitrogens with zero attached hydrogens (tertiary/aromatic N) is 1. The second kappa shape index (κ2) is 2.88. The molecule has 0 aliphatic carbocycles. The minimum Gasteiger partial charge on any atom is -1.00 e. The van der Waals surface area contributed by atoms with E-state index in [0.717, 1.165) is 11.7 Å². The van der Waals surface area contributed by atoms with Crippen LogP contribution in [0.4, 0.5) is 5.13 Å². The number of nitrogens with two attached hydrogens (primary N) is 1. The molecule has 0 aromatic carbocycles. The van der Waals surface area contributed by atoms with Crippen LogP contribution in [0.3, 0.4) is 0 Å². The summed E-state index contributed by atoms with van der Waals surface area (Å²) >= 11 is 1.65. The van der Waals surface area contributed by atoms with Crippen molar-refractivity contribution in [3.8, 4) is 0 Å². The maximum absolute atomic E-state index is 5.67. The van der Waals surface area contributed by atoms with Crippen molar-refractivity contribution in [2.45, 2.75) is 19.4 Å². The van der Waals surface area contributed by atoms with E-state index >= 15 is 0 Å². The molecule has 1 aromatic heterocycles. The zero-order chi connectivity index (χ0) is 6.27. The second-order valence-electron chi connectivity index (χ2n) is 2.32. The van der Waals surface area contributed by atoms with Crippen LogP contribution < -0.4 is 27.3 Å². The summed E-state index contributed by atoms with van der Waals surface area (Å²) in [6.07, 6.45) is 2.49. The summed E-state index contributed by atoms with van der Waals surface area (Å²) in [5, 5.41) is 3.12. The molecular weight excluding hydrogens is 212 g/mol. The Balaban J connectivity index is 0.000000500. The SMILES string of the molecule is Nc1scc2[n+]1CCC2.[Br-]. The lowest BCUT2D eigenvalue weighted by Gasteiger charge is -1.85. The Bertz CT molecular complexity index is 234. The molecule has 4 heteroatoms. The fraction of sp³-hybridized carbons (Fsp3) is 0.500. The molecule has 2 N–H and O–H groups in total. The lowest BCUT2D eigenvalue weighted by molar-refractivity contribution is -0.672. The average Bonchev–Trinajstić information content (AvgIpc) is 2.35. The van der Waals surface area contributed by atoms with Gasteiger partial charge in [-0.05, 0) is 6.42 Å². The molecule has 1 aliphatic heterocycles. The Hall–Kier alpha value is -0.0900. The molecular formula is C6H9BrN2S. The highest BCUT2D eigenvalue weighted by molar-refractivity contribution is 7.13. The molecule has 1 aliphatic rings. The minimum atomic E-state index is 0. The summed E-state index contributed by atoms with van der Waals surface area (Å²) < 4.78 is 2.20. The zero-order valence-electron chi connectivity index (χ0n) is 5.51. The van der Waals surface area contributed by atoms with Gasteiger partial charge in [0.15, 0.2) is 0 Å². The normalized spacial score (nSPS) is 14.4. The maximum atomic E-state index is 5.67. The van der Waals surface area contributed by atoms with Crippen molar-refractivity contribution in [3.05, 3.63) is 11.1 Å². The molecule has 2 nitrogen and oxygen atoms in total. The first-order valence-corrected chi connectivity index (χ1v) is 4.01. The standard InChI is InChI=1S/C6H8N2S.BrH/c7-6-8-3-1-2-5(8)4-9-6;/h4,7H,1-3H2;1H. The number of thiazole rings is 1. The van der Waals surface area contributed by atoms with Gasteiger partial charge in [0, 0.05) is 11.8 Å². The van der Waals surface area contributed by atoms with E-state index in [9.17, 15) is 0 Å². The van der Waals surface area contributed by atoms with Gasteiger partial charge in [-0.2, -0.15) is 0 Å². The Kier molecular flexibility index (Phi) is 2.31. The first-order valence-electron chi connectivity index (χ1n) is 3.13. The Morgan fingerprint density at radius 1 is 1.60 bits per heavy atom. The highest BCUT2D eigenvalue weighted by atomic mass is 79.9. The lowest BCUT2D eigenvalue weighted by atomic mass is 10.3. The van der Waals surface area contributed by atoms with Gasteiger partial charge >= 0.3 is 5.13 Å². The quantitative estimate of drug-likeness (QED) is 0.485. The summed E-state index contributed by atoms with van der Waals surface area (Å²) in [7, 11) is 0. The summed E-state index contributed by atoms with van der Waals surface area (Å²) in [6, 6.07) is 0. The van der Waals surface area contributed by atoms with Crippen LogP contribution in [0.2, 0.25) is 0 Å². The van der Waals surface area contributed by atoms with Crippen LogP contribution >= 0.6 is 11.3 Å². The van der Waals surface area contributed by atoms with Crippen LogP contribution in [-0.2, 0) is 13.0 Å². The molecule has 0 unspecified atom stereocenters. The predicted octanol–water partition coefficient (Wildman–Crippen LogP) is -2.43. The number of rotatable bonds is 0. The minimum absolute atomic E-state index is 0. The molecule has 1 aromatic rings. The Labute approximate surface area is 74.4 Å². The van der Waals surface area contributed by atoms with E-state index in [2.05, 4.69) is 9.95 Å². The van der Waals surface area contributed by atoms with E-state index in [-0.39, 0.29) is 17.0 Å². The molecule has 0 amide bonds. The molecule has 0 bridgehead atoms. The first-order chi connectivity index (χ1) is 4.38. The van der Waals surface area contributed by atoms with Crippen molar-refractivity contribution in [1.29, 1.82) is 0 Å². The van der Waals surface area contributed by atoms with Gasteiger partial charge in [0.05, 0.1) is 6.54 Å². The van der Waals surface area contributed by atoms with Crippen molar-refractivity contribution < 1.29 is 21.5 Å². The third-order valence-corrected chi connectivity index (χ3v) is 2.59. The number of aryl methyl sites for hydroxylation is 1. The number of aromatic nitrogens is 1. The molecule has 10 heavy (non-hydrogen) atoms. The van der Waals surface area contributed by atoms with E-state index in [1.165, 1.54) is 18.5 Å². The summed E-state index contributed by atoms with van der Waals surface area (Å²) in [6.45, 7) is 1.13. The third kappa shape index (κ3) is 1.06. The number of hydrogen-bond acceptors (Lipinski definition) is 2. The molecule has 0 atom stereocenters. The van der Waals surface area contributed by atoms with Gasteiger partial charge in [-0.1, -0.05) is 11.3 Å². The number of anilines is 1. The van der Waals surface area contributed by atoms with Crippen LogP contribution in [0, 0.1) is 0 Å². The monoisotopic (exact) mass is 220 g/mol. The summed E-state index contributed by atoms with van der Waals surface area (Å²) in [5.41, 5.74) is 7.09. The van der Waals surface area contributed by atoms with Crippen molar-refractivity contribution >= 4 is 16.5 Å². The third-order valence-electron chi connectivity index (χ3n) is 1.74. The van der Waals surface area contributed by atoms with Crippen LogP contribution in [0.5, 0.6) is 0 Å². The second-order valence-corrected chi connectivity index (χ2v) is 3.21. The zero-order valence-corrected chi connectivity index (χ0v) is 7.91. The van der Waals surface area contributed by atoms with Gasteiger partial charge in [0.1, 0.15) is 5.69 Å². The molecule has 2 heterocycles. The number of hydrogen-bond donors (Lipinski definition) is 1. The van der Waals surface area contributed by atoms with Gasteiger partial charge in [0.2, 0.25) is 0 Å². The first kappa shape index (κ1) is 8.01. The van der Waals surface area contributed by atoms with Crippen LogP contribution in [0.15, 0.2) is 5.38 Å². The van der Waals surface area contributed by atoms with Gasteiger partial charge < -0.3 is 17.0 Å². The van der Waals surface area contributed by atoms with Gasteiger partial charge in [-0.15, -0.1) is 0 Å². The smallest absolute Gasteiger partial charge is 0.331 e. The van der Waals surface area contributed by atoms with E-state index in [1.807, 2.05) is 0 Å². The van der Waals surface area contributed by atoms with Crippen LogP contribution in [0.25, 0.3) is 0 Å². The summed E-state index contributed by atoms with van der Waals surface area (Å²) in [5.74, 6) is 0. The fourth-order valence-corrected chi connectivity index (χ4v) is 2.10. The topological polar surface area (TPSA) is 29.9 Å². The Morgan fingerprint density at radius 3 is 3.10 bits per heavy atom. The Morgan fingerprint density at radius 2 is 2.40 bits per heavy atom. The fourth-order valence-electron chi connectivity index (χ4n) is 1.26. The van der Waals surface area contributed by atoms with E-state index in [1.54, 1.807) is 11.3 Å². The van der Waals surface area contributed by atoms with Crippen LogP contribution in [0.1, 0.15) is 12.1 Å². The van der Waals surface area contributed by atoms with Gasteiger partial charge in [0.25, 0.3) is 0 Å². The van der Waals surface area contributed by atoms with E-state index in [0.29, 0.717) is 0 Å². The van der Waals surface area contributed by atoms with Gasteiger partial charge in [-0.25, -0.2) is 4.57 Å². The predicted molar refractivity (Wildman–Crippen MR) is 37.2 cm³/mol. The molecule has 0 saturated heterocycles. The van der Waals surface area contributed by atoms with Crippen molar-refractivity contribution in [2.24, 2.45) is 0 Å². The summed E-state index contributed by atoms with van der Waals surface area (Å²) in [4.78, 5) is 0. The largest absolute Gasteiger partial charge is 1.00 e. The number of nitrogen functional groups attached to an aromatic ring is 1. The van der Waals surface area contributed by atoms with Crippen molar-refractivity contribution in [3.63, 3.8) is 0 Å². The highest BCUT2D eigenvalue weighted by Gasteiger charge is 2.19. The highest BCUT2D eigenvalue weighted by Crippen LogP contribution is 2.15. The van der Waals surface area contributed by atoms with Crippen molar-refractivity contribution in [2.75, 3.05) is 5.73 Å². The van der Waals surface area contributed by atoms with Crippen molar-refractivity contribution in [1.82, 2.24) is 0 Å². The number of fused-ring (bicyclic) bond motifs is 1. The van der Waals surface area contributed by atoms with E-state index < -0.39 is 0 Å². The van der Waals surface area contributed by atoms with E-state index in [4.69, 9.17) is 5.73 Å².